The zero-order valence-electron chi connectivity index (χ0n) is 33.1. The summed E-state index contributed by atoms with van der Waals surface area (Å²) in [5.74, 6) is 4.01. The highest BCUT2D eigenvalue weighted by molar-refractivity contribution is 6.12. The van der Waals surface area contributed by atoms with Gasteiger partial charge in [0, 0.05) is 46.1 Å². The van der Waals surface area contributed by atoms with Gasteiger partial charge in [-0.3, -0.25) is 9.56 Å². The second-order valence-corrected chi connectivity index (χ2v) is 17.8. The first kappa shape index (κ1) is 33.9. The van der Waals surface area contributed by atoms with E-state index in [0.29, 0.717) is 5.92 Å². The van der Waals surface area contributed by atoms with Crippen LogP contribution < -0.4 is 4.74 Å². The fourth-order valence-corrected chi connectivity index (χ4v) is 9.38. The molecule has 0 unspecified atom stereocenters. The van der Waals surface area contributed by atoms with Crippen molar-refractivity contribution in [1.82, 2.24) is 14.5 Å². The van der Waals surface area contributed by atoms with Crippen LogP contribution in [0.15, 0.2) is 120 Å². The van der Waals surface area contributed by atoms with E-state index in [1.54, 1.807) is 0 Å². The van der Waals surface area contributed by atoms with Gasteiger partial charge in [-0.05, 0) is 93.6 Å². The zero-order valence-corrected chi connectivity index (χ0v) is 33.1. The smallest absolute Gasteiger partial charge is 0.141 e. The maximum absolute atomic E-state index is 7.04. The predicted octanol–water partition coefficient (Wildman–Crippen LogP) is 12.4. The molecule has 10 rings (SSSR count). The molecule has 0 saturated heterocycles. The first-order valence-electron chi connectivity index (χ1n) is 19.8. The fourth-order valence-electron chi connectivity index (χ4n) is 9.38. The Kier molecular flexibility index (Phi) is 7.33. The Morgan fingerprint density at radius 3 is 2.38 bits per heavy atom. The molecule has 5 heterocycles. The molecular formula is C50H48N4O. The summed E-state index contributed by atoms with van der Waals surface area (Å²) >= 11 is 0. The second-order valence-electron chi connectivity index (χ2n) is 17.8. The van der Waals surface area contributed by atoms with Crippen LogP contribution in [0.3, 0.4) is 0 Å². The standard InChI is InChI=1S/C50H48N4O/c1-29(2)33-22-34(47-52-44(31-15-10-9-11-16-31)46-37-18-13-12-17-32(37)28-53(46)47)24-36(23-33)55-43-27-42-38(21-30(43)3)39-25-35(49(4,5)6)26-41-45(39)54(42)48-40(50(41,7)8)19-14-20-51-48/h9-27,29,44,46H,28H2,1-8H3/t44-,46+/m1/s1. The van der Waals surface area contributed by atoms with Crippen LogP contribution >= 0.6 is 0 Å². The van der Waals surface area contributed by atoms with Crippen molar-refractivity contribution in [3.8, 4) is 17.3 Å². The Hall–Kier alpha value is -5.68. The maximum atomic E-state index is 7.04. The van der Waals surface area contributed by atoms with Gasteiger partial charge in [-0.2, -0.15) is 0 Å². The molecule has 0 fully saturated rings. The first-order chi connectivity index (χ1) is 26.4. The van der Waals surface area contributed by atoms with Gasteiger partial charge in [-0.15, -0.1) is 0 Å². The van der Waals surface area contributed by atoms with Crippen LogP contribution in [-0.4, -0.2) is 20.3 Å². The molecule has 274 valence electrons. The summed E-state index contributed by atoms with van der Waals surface area (Å²) in [6.07, 6.45) is 1.92. The molecule has 5 nitrogen and oxygen atoms in total. The zero-order chi connectivity index (χ0) is 38.0. The molecule has 7 aromatic rings. The van der Waals surface area contributed by atoms with Gasteiger partial charge in [-0.25, -0.2) is 4.98 Å². The number of nitrogens with zero attached hydrogens (tertiary/aromatic N) is 4. The number of amidine groups is 1. The average Bonchev–Trinajstić information content (AvgIpc) is 3.83. The summed E-state index contributed by atoms with van der Waals surface area (Å²) in [6, 6.07) is 40.3. The number of aliphatic imine (C=N–C) groups is 1. The highest BCUT2D eigenvalue weighted by Crippen LogP contribution is 2.51. The van der Waals surface area contributed by atoms with Gasteiger partial charge in [0.2, 0.25) is 0 Å². The van der Waals surface area contributed by atoms with E-state index in [4.69, 9.17) is 14.7 Å². The summed E-state index contributed by atoms with van der Waals surface area (Å²) in [5.41, 5.74) is 13.5. The number of pyridine rings is 1. The Morgan fingerprint density at radius 1 is 0.818 bits per heavy atom. The van der Waals surface area contributed by atoms with Crippen LogP contribution in [0, 0.1) is 6.92 Å². The van der Waals surface area contributed by atoms with Crippen LogP contribution in [-0.2, 0) is 17.4 Å². The normalized spacial score (nSPS) is 18.1. The molecule has 0 bridgehead atoms. The van der Waals surface area contributed by atoms with Crippen molar-refractivity contribution in [3.63, 3.8) is 0 Å². The number of rotatable bonds is 5. The molecule has 0 saturated carbocycles. The molecule has 5 heteroatoms. The Labute approximate surface area is 324 Å². The van der Waals surface area contributed by atoms with Crippen molar-refractivity contribution >= 4 is 27.6 Å². The number of hydrogen-bond acceptors (Lipinski definition) is 4. The van der Waals surface area contributed by atoms with Gasteiger partial charge in [0.05, 0.1) is 17.1 Å². The van der Waals surface area contributed by atoms with Gasteiger partial charge >= 0.3 is 0 Å². The third-order valence-electron chi connectivity index (χ3n) is 12.5. The molecule has 0 spiro atoms. The van der Waals surface area contributed by atoms with Crippen LogP contribution in [0.25, 0.3) is 27.6 Å². The van der Waals surface area contributed by atoms with Crippen LogP contribution in [0.2, 0.25) is 0 Å². The summed E-state index contributed by atoms with van der Waals surface area (Å²) in [6.45, 7) is 19.1. The van der Waals surface area contributed by atoms with Crippen molar-refractivity contribution in [2.24, 2.45) is 4.99 Å². The van der Waals surface area contributed by atoms with Crippen molar-refractivity contribution in [1.29, 1.82) is 0 Å². The SMILES string of the molecule is Cc1cc2c3cc(C(C)(C)C)cc4c3n(c2cc1Oc1cc(C2=N[C@H](c3ccccc3)[C@@H]3c5ccccc5CN23)cc(C(C)C)c1)-c1ncccc1C4(C)C. The molecule has 0 N–H and O–H groups in total. The molecule has 3 aliphatic heterocycles. The minimum absolute atomic E-state index is 0.00421. The van der Waals surface area contributed by atoms with E-state index in [1.807, 2.05) is 6.20 Å². The predicted molar refractivity (Wildman–Crippen MR) is 225 cm³/mol. The van der Waals surface area contributed by atoms with Crippen molar-refractivity contribution in [3.05, 3.63) is 165 Å². The number of benzene rings is 5. The monoisotopic (exact) mass is 720 g/mol. The lowest BCUT2D eigenvalue weighted by molar-refractivity contribution is 0.341. The summed E-state index contributed by atoms with van der Waals surface area (Å²) in [7, 11) is 0. The fraction of sp³-hybridized carbons (Fsp3) is 0.280. The first-order valence-corrected chi connectivity index (χ1v) is 19.8. The lowest BCUT2D eigenvalue weighted by Crippen LogP contribution is -2.28. The maximum Gasteiger partial charge on any atom is 0.141 e. The minimum atomic E-state index is -0.201. The minimum Gasteiger partial charge on any atom is -0.457 e. The van der Waals surface area contributed by atoms with E-state index in [0.717, 1.165) is 46.3 Å². The number of aromatic nitrogens is 2. The van der Waals surface area contributed by atoms with Crippen molar-refractivity contribution in [2.75, 3.05) is 0 Å². The molecule has 0 radical (unpaired) electrons. The van der Waals surface area contributed by atoms with Gasteiger partial charge in [0.15, 0.2) is 0 Å². The topological polar surface area (TPSA) is 42.6 Å². The highest BCUT2D eigenvalue weighted by atomic mass is 16.5. The molecule has 5 aromatic carbocycles. The molecule has 2 atom stereocenters. The number of hydrogen-bond donors (Lipinski definition) is 0. The van der Waals surface area contributed by atoms with Gasteiger partial charge < -0.3 is 9.64 Å². The highest BCUT2D eigenvalue weighted by Gasteiger charge is 2.44. The van der Waals surface area contributed by atoms with E-state index in [9.17, 15) is 0 Å². The summed E-state index contributed by atoms with van der Waals surface area (Å²) < 4.78 is 9.42. The molecule has 3 aliphatic rings. The van der Waals surface area contributed by atoms with E-state index in [1.165, 1.54) is 55.2 Å². The largest absolute Gasteiger partial charge is 0.457 e. The lowest BCUT2D eigenvalue weighted by atomic mass is 9.73. The van der Waals surface area contributed by atoms with Crippen molar-refractivity contribution in [2.45, 2.75) is 90.8 Å². The third kappa shape index (κ3) is 5.12. The van der Waals surface area contributed by atoms with Crippen LogP contribution in [0.5, 0.6) is 11.5 Å². The number of aryl methyl sites for hydroxylation is 1. The van der Waals surface area contributed by atoms with Crippen LogP contribution in [0.1, 0.15) is 117 Å². The van der Waals surface area contributed by atoms with Crippen molar-refractivity contribution < 1.29 is 4.74 Å². The third-order valence-corrected chi connectivity index (χ3v) is 12.5. The molecule has 55 heavy (non-hydrogen) atoms. The van der Waals surface area contributed by atoms with Crippen LogP contribution in [0.4, 0.5) is 0 Å². The number of fused-ring (bicyclic) bond motifs is 8. The number of ether oxygens (including phenoxy) is 1. The van der Waals surface area contributed by atoms with Gasteiger partial charge in [0.25, 0.3) is 0 Å². The van der Waals surface area contributed by atoms with E-state index >= 15 is 0 Å². The van der Waals surface area contributed by atoms with E-state index in [2.05, 4.69) is 174 Å². The van der Waals surface area contributed by atoms with Gasteiger partial charge in [0.1, 0.15) is 29.2 Å². The van der Waals surface area contributed by atoms with E-state index < -0.39 is 0 Å². The lowest BCUT2D eigenvalue weighted by Gasteiger charge is -2.35. The molecular weight excluding hydrogens is 673 g/mol. The molecule has 2 aromatic heterocycles. The summed E-state index contributed by atoms with van der Waals surface area (Å²) in [4.78, 5) is 13.1. The Bertz CT molecular complexity index is 2730. The Morgan fingerprint density at radius 2 is 1.60 bits per heavy atom. The molecule has 0 aliphatic carbocycles. The Balaban J connectivity index is 1.13. The van der Waals surface area contributed by atoms with Gasteiger partial charge in [-0.1, -0.05) is 115 Å². The quantitative estimate of drug-likeness (QED) is 0.178. The average molecular weight is 721 g/mol. The second kappa shape index (κ2) is 11.9. The summed E-state index contributed by atoms with van der Waals surface area (Å²) in [5, 5.41) is 2.50. The van der Waals surface area contributed by atoms with E-state index in [-0.39, 0.29) is 22.9 Å². The molecule has 0 amide bonds.